The summed E-state index contributed by atoms with van der Waals surface area (Å²) in [6.07, 6.45) is 4.44. The molecule has 0 aliphatic carbocycles. The highest BCUT2D eigenvalue weighted by molar-refractivity contribution is 8.00. The van der Waals surface area contributed by atoms with Crippen LogP contribution in [0.3, 0.4) is 0 Å². The topological polar surface area (TPSA) is 42.0 Å². The van der Waals surface area contributed by atoms with Crippen molar-refractivity contribution in [2.45, 2.75) is 11.3 Å². The van der Waals surface area contributed by atoms with Crippen LogP contribution in [0.15, 0.2) is 78.0 Å². The number of pyridine rings is 1. The summed E-state index contributed by atoms with van der Waals surface area (Å²) in [6.45, 7) is 0. The van der Waals surface area contributed by atoms with Crippen LogP contribution in [0.5, 0.6) is 0 Å². The molecule has 3 rings (SSSR count). The molecule has 3 aromatic rings. The van der Waals surface area contributed by atoms with Gasteiger partial charge in [0.2, 0.25) is 5.91 Å². The Bertz CT molecular complexity index is 821. The number of benzene rings is 2. The fourth-order valence-electron chi connectivity index (χ4n) is 2.32. The van der Waals surface area contributed by atoms with E-state index in [4.69, 9.17) is 11.6 Å². The van der Waals surface area contributed by atoms with Gasteiger partial charge in [-0.15, -0.1) is 11.8 Å². The molecule has 0 unspecified atom stereocenters. The van der Waals surface area contributed by atoms with Gasteiger partial charge in [0.15, 0.2) is 0 Å². The summed E-state index contributed by atoms with van der Waals surface area (Å²) in [4.78, 5) is 17.1. The lowest BCUT2D eigenvalue weighted by atomic mass is 10.1. The lowest BCUT2D eigenvalue weighted by molar-refractivity contribution is -0.113. The molecule has 0 saturated heterocycles. The fourth-order valence-corrected chi connectivity index (χ4v) is 3.14. The molecular formula is C20H17ClN2OS. The fraction of sp³-hybridized carbons (Fsp3) is 0.100. The minimum Gasteiger partial charge on any atom is -0.325 e. The van der Waals surface area contributed by atoms with E-state index >= 15 is 0 Å². The normalized spacial score (nSPS) is 10.4. The molecule has 1 amide bonds. The molecule has 0 spiro atoms. The maximum Gasteiger partial charge on any atom is 0.234 e. The second-order valence-corrected chi connectivity index (χ2v) is 7.01. The average molecular weight is 369 g/mol. The molecule has 0 radical (unpaired) electrons. The van der Waals surface area contributed by atoms with Crippen LogP contribution in [0.2, 0.25) is 5.02 Å². The predicted molar refractivity (Wildman–Crippen MR) is 104 cm³/mol. The van der Waals surface area contributed by atoms with E-state index in [-0.39, 0.29) is 5.91 Å². The van der Waals surface area contributed by atoms with Crippen molar-refractivity contribution in [3.63, 3.8) is 0 Å². The number of halogens is 1. The zero-order valence-corrected chi connectivity index (χ0v) is 15.1. The van der Waals surface area contributed by atoms with E-state index in [0.29, 0.717) is 10.8 Å². The van der Waals surface area contributed by atoms with Gasteiger partial charge in [0.1, 0.15) is 0 Å². The van der Waals surface area contributed by atoms with Crippen molar-refractivity contribution < 1.29 is 4.79 Å². The summed E-state index contributed by atoms with van der Waals surface area (Å²) in [7, 11) is 0. The first-order chi connectivity index (χ1) is 12.2. The number of anilines is 1. The molecule has 1 heterocycles. The van der Waals surface area contributed by atoms with E-state index in [2.05, 4.69) is 10.3 Å². The Balaban J connectivity index is 1.50. The predicted octanol–water partition coefficient (Wildman–Crippen LogP) is 5.06. The Morgan fingerprint density at radius 3 is 2.24 bits per heavy atom. The maximum atomic E-state index is 12.1. The first-order valence-electron chi connectivity index (χ1n) is 7.85. The van der Waals surface area contributed by atoms with Crippen LogP contribution in [0.25, 0.3) is 0 Å². The second kappa shape index (κ2) is 8.70. The van der Waals surface area contributed by atoms with Crippen molar-refractivity contribution in [1.29, 1.82) is 0 Å². The Morgan fingerprint density at radius 1 is 0.920 bits per heavy atom. The SMILES string of the molecule is O=C(CSc1ccc(Cl)cc1)Nc1ccc(Cc2ccncc2)cc1. The standard InChI is InChI=1S/C20H17ClN2OS/c21-17-3-7-19(8-4-17)25-14-20(24)23-18-5-1-15(2-6-18)13-16-9-11-22-12-10-16/h1-12H,13-14H2,(H,23,24). The maximum absolute atomic E-state index is 12.1. The molecule has 0 aliphatic heterocycles. The molecule has 0 atom stereocenters. The number of nitrogens with one attached hydrogen (secondary N) is 1. The van der Waals surface area contributed by atoms with Gasteiger partial charge in [0, 0.05) is 28.0 Å². The van der Waals surface area contributed by atoms with Crippen LogP contribution in [0.1, 0.15) is 11.1 Å². The van der Waals surface area contributed by atoms with Gasteiger partial charge >= 0.3 is 0 Å². The third-order valence-corrected chi connectivity index (χ3v) is 4.84. The first-order valence-corrected chi connectivity index (χ1v) is 9.21. The van der Waals surface area contributed by atoms with Gasteiger partial charge in [-0.05, 0) is 66.1 Å². The Morgan fingerprint density at radius 2 is 1.56 bits per heavy atom. The van der Waals surface area contributed by atoms with Crippen molar-refractivity contribution in [1.82, 2.24) is 4.98 Å². The van der Waals surface area contributed by atoms with Crippen LogP contribution < -0.4 is 5.32 Å². The molecule has 25 heavy (non-hydrogen) atoms. The minimum atomic E-state index is -0.0261. The average Bonchev–Trinajstić information content (AvgIpc) is 2.64. The number of hydrogen-bond acceptors (Lipinski definition) is 3. The monoisotopic (exact) mass is 368 g/mol. The summed E-state index contributed by atoms with van der Waals surface area (Å²) < 4.78 is 0. The third-order valence-electron chi connectivity index (χ3n) is 3.58. The number of aromatic nitrogens is 1. The van der Waals surface area contributed by atoms with E-state index in [9.17, 15) is 4.79 Å². The van der Waals surface area contributed by atoms with Crippen molar-refractivity contribution in [3.8, 4) is 0 Å². The zero-order valence-electron chi connectivity index (χ0n) is 13.5. The highest BCUT2D eigenvalue weighted by Crippen LogP contribution is 2.21. The summed E-state index contributed by atoms with van der Waals surface area (Å²) in [5, 5.41) is 3.61. The highest BCUT2D eigenvalue weighted by Gasteiger charge is 2.04. The largest absolute Gasteiger partial charge is 0.325 e. The molecule has 0 saturated carbocycles. The summed E-state index contributed by atoms with van der Waals surface area (Å²) in [5.41, 5.74) is 3.21. The van der Waals surface area contributed by atoms with Crippen LogP contribution in [-0.2, 0) is 11.2 Å². The van der Waals surface area contributed by atoms with Gasteiger partial charge in [-0.1, -0.05) is 23.7 Å². The van der Waals surface area contributed by atoms with Crippen LogP contribution in [0, 0.1) is 0 Å². The van der Waals surface area contributed by atoms with Gasteiger partial charge in [-0.2, -0.15) is 0 Å². The van der Waals surface area contributed by atoms with Gasteiger partial charge in [0.25, 0.3) is 0 Å². The number of amides is 1. The van der Waals surface area contributed by atoms with Gasteiger partial charge in [0.05, 0.1) is 5.75 Å². The molecule has 1 N–H and O–H groups in total. The molecular weight excluding hydrogens is 352 g/mol. The summed E-state index contributed by atoms with van der Waals surface area (Å²) >= 11 is 7.34. The highest BCUT2D eigenvalue weighted by atomic mass is 35.5. The zero-order chi connectivity index (χ0) is 17.5. The number of nitrogens with zero attached hydrogens (tertiary/aromatic N) is 1. The van der Waals surface area contributed by atoms with E-state index in [1.165, 1.54) is 22.9 Å². The quantitative estimate of drug-likeness (QED) is 0.618. The third kappa shape index (κ3) is 5.62. The molecule has 0 aliphatic rings. The van der Waals surface area contributed by atoms with Crippen molar-refractivity contribution in [2.75, 3.05) is 11.1 Å². The summed E-state index contributed by atoms with van der Waals surface area (Å²) in [6, 6.07) is 19.4. The van der Waals surface area contributed by atoms with Crippen LogP contribution in [0.4, 0.5) is 5.69 Å². The van der Waals surface area contributed by atoms with Gasteiger partial charge in [-0.25, -0.2) is 0 Å². The Hall–Kier alpha value is -2.30. The van der Waals surface area contributed by atoms with E-state index in [1.807, 2.05) is 60.7 Å². The van der Waals surface area contributed by atoms with Crippen LogP contribution >= 0.6 is 23.4 Å². The molecule has 0 fully saturated rings. The number of carbonyl (C=O) groups is 1. The van der Waals surface area contributed by atoms with Crippen molar-refractivity contribution in [3.05, 3.63) is 89.2 Å². The lowest BCUT2D eigenvalue weighted by Gasteiger charge is -2.07. The number of hydrogen-bond donors (Lipinski definition) is 1. The van der Waals surface area contributed by atoms with Gasteiger partial charge in [-0.3, -0.25) is 9.78 Å². The molecule has 5 heteroatoms. The molecule has 1 aromatic heterocycles. The number of rotatable bonds is 6. The smallest absolute Gasteiger partial charge is 0.234 e. The second-order valence-electron chi connectivity index (χ2n) is 5.52. The van der Waals surface area contributed by atoms with Crippen LogP contribution in [-0.4, -0.2) is 16.6 Å². The van der Waals surface area contributed by atoms with E-state index in [1.54, 1.807) is 12.4 Å². The Kier molecular flexibility index (Phi) is 6.09. The van der Waals surface area contributed by atoms with E-state index in [0.717, 1.165) is 17.0 Å². The molecule has 0 bridgehead atoms. The molecule has 3 nitrogen and oxygen atoms in total. The van der Waals surface area contributed by atoms with E-state index < -0.39 is 0 Å². The lowest BCUT2D eigenvalue weighted by Crippen LogP contribution is -2.13. The summed E-state index contributed by atoms with van der Waals surface area (Å²) in [5.74, 6) is 0.335. The van der Waals surface area contributed by atoms with Gasteiger partial charge < -0.3 is 5.32 Å². The molecule has 126 valence electrons. The van der Waals surface area contributed by atoms with Crippen molar-refractivity contribution >= 4 is 35.0 Å². The minimum absolute atomic E-state index is 0.0261. The molecule has 2 aromatic carbocycles. The number of carbonyl (C=O) groups excluding carboxylic acids is 1. The van der Waals surface area contributed by atoms with Crippen molar-refractivity contribution in [2.24, 2.45) is 0 Å². The Labute approximate surface area is 156 Å². The number of thioether (sulfide) groups is 1. The first kappa shape index (κ1) is 17.5.